The van der Waals surface area contributed by atoms with Gasteiger partial charge < -0.3 is 9.99 Å². The van der Waals surface area contributed by atoms with Gasteiger partial charge >= 0.3 is 5.97 Å². The fourth-order valence-electron chi connectivity index (χ4n) is 2.14. The van der Waals surface area contributed by atoms with Crippen LogP contribution in [0.1, 0.15) is 58.3 Å². The van der Waals surface area contributed by atoms with Crippen LogP contribution in [0.5, 0.6) is 0 Å². The molecule has 0 bridgehead atoms. The van der Waals surface area contributed by atoms with Crippen molar-refractivity contribution in [3.05, 3.63) is 72.6 Å². The fourth-order valence-corrected chi connectivity index (χ4v) is 2.14. The van der Waals surface area contributed by atoms with Crippen molar-refractivity contribution >= 4 is 5.97 Å². The second kappa shape index (κ2) is 19.0. The fraction of sp³-hybridized carbons (Fsp3) is 0.409. The molecule has 2 N–H and O–H groups in total. The molecule has 0 aliphatic heterocycles. The molecule has 0 saturated heterocycles. The monoisotopic (exact) mass is 360 g/mol. The van der Waals surface area contributed by atoms with Crippen LogP contribution in [0.4, 0.5) is 0 Å². The van der Waals surface area contributed by atoms with Crippen molar-refractivity contribution in [2.24, 2.45) is 0 Å². The Morgan fingerprint density at radius 1 is 0.808 bits per heavy atom. The molecular formula is C22H32O4. The maximum atomic E-state index is 10.3. The summed E-state index contributed by atoms with van der Waals surface area (Å²) in [7, 11) is 0. The maximum Gasteiger partial charge on any atom is 0.328 e. The van der Waals surface area contributed by atoms with Crippen LogP contribution in [0.2, 0.25) is 0 Å². The van der Waals surface area contributed by atoms with Gasteiger partial charge in [-0.15, -0.1) is 0 Å². The third-order valence-corrected chi connectivity index (χ3v) is 3.53. The van der Waals surface area contributed by atoms with Gasteiger partial charge in [0.05, 0.1) is 0 Å². The van der Waals surface area contributed by atoms with Gasteiger partial charge in [-0.25, -0.2) is 10.1 Å². The molecule has 0 fully saturated rings. The van der Waals surface area contributed by atoms with E-state index in [0.717, 1.165) is 12.5 Å². The summed E-state index contributed by atoms with van der Waals surface area (Å²) in [5.74, 6) is -0.760. The van der Waals surface area contributed by atoms with E-state index in [-0.39, 0.29) is 5.76 Å². The highest BCUT2D eigenvalue weighted by Gasteiger charge is 1.89. The molecule has 144 valence electrons. The van der Waals surface area contributed by atoms with Crippen molar-refractivity contribution in [3.8, 4) is 0 Å². The number of carbonyl (C=O) groups is 1. The summed E-state index contributed by atoms with van der Waals surface area (Å²) in [6.07, 6.45) is 28.7. The van der Waals surface area contributed by atoms with Crippen LogP contribution in [0.3, 0.4) is 0 Å². The number of rotatable bonds is 15. The molecule has 0 aromatic carbocycles. The Balaban J connectivity index is 3.93. The van der Waals surface area contributed by atoms with Crippen LogP contribution in [-0.2, 0) is 9.68 Å². The van der Waals surface area contributed by atoms with Gasteiger partial charge in [0, 0.05) is 6.08 Å². The molecule has 26 heavy (non-hydrogen) atoms. The SMILES string of the molecule is CCCCCCCCCC=CC=CC=CC(=CC=CC=CC(=O)O)OO. The zero-order valence-corrected chi connectivity index (χ0v) is 15.7. The highest BCUT2D eigenvalue weighted by atomic mass is 17.1. The van der Waals surface area contributed by atoms with E-state index in [1.165, 1.54) is 63.2 Å². The minimum Gasteiger partial charge on any atom is -0.478 e. The number of hydrogen-bond donors (Lipinski definition) is 2. The minimum absolute atomic E-state index is 0.252. The lowest BCUT2D eigenvalue weighted by Crippen LogP contribution is -1.84. The quantitative estimate of drug-likeness (QED) is 0.0889. The van der Waals surface area contributed by atoms with Gasteiger partial charge in [-0.2, -0.15) is 0 Å². The molecule has 4 nitrogen and oxygen atoms in total. The van der Waals surface area contributed by atoms with E-state index in [4.69, 9.17) is 10.4 Å². The van der Waals surface area contributed by atoms with Crippen LogP contribution in [0.25, 0.3) is 0 Å². The molecule has 0 aliphatic rings. The summed E-state index contributed by atoms with van der Waals surface area (Å²) < 4.78 is 0. The van der Waals surface area contributed by atoms with Crippen molar-refractivity contribution in [1.29, 1.82) is 0 Å². The number of aliphatic carboxylic acids is 1. The van der Waals surface area contributed by atoms with E-state index in [1.807, 2.05) is 18.2 Å². The summed E-state index contributed by atoms with van der Waals surface area (Å²) >= 11 is 0. The van der Waals surface area contributed by atoms with Crippen molar-refractivity contribution in [2.45, 2.75) is 58.3 Å². The van der Waals surface area contributed by atoms with Crippen LogP contribution < -0.4 is 0 Å². The Bertz CT molecular complexity index is 522. The molecular weight excluding hydrogens is 328 g/mol. The first-order chi connectivity index (χ1) is 12.7. The molecule has 0 atom stereocenters. The third kappa shape index (κ3) is 18.0. The molecule has 0 unspecified atom stereocenters. The predicted molar refractivity (Wildman–Crippen MR) is 108 cm³/mol. The summed E-state index contributed by atoms with van der Waals surface area (Å²) in [4.78, 5) is 14.5. The van der Waals surface area contributed by atoms with Crippen molar-refractivity contribution in [3.63, 3.8) is 0 Å². The van der Waals surface area contributed by atoms with E-state index < -0.39 is 5.97 Å². The lowest BCUT2D eigenvalue weighted by atomic mass is 10.1. The number of carboxylic acids is 1. The van der Waals surface area contributed by atoms with Gasteiger partial charge in [0.1, 0.15) is 0 Å². The van der Waals surface area contributed by atoms with E-state index in [0.29, 0.717) is 0 Å². The average molecular weight is 360 g/mol. The molecule has 0 saturated carbocycles. The number of unbranched alkanes of at least 4 members (excludes halogenated alkanes) is 7. The lowest BCUT2D eigenvalue weighted by molar-refractivity contribution is -0.198. The molecule has 0 rings (SSSR count). The van der Waals surface area contributed by atoms with Crippen LogP contribution in [0, 0.1) is 0 Å². The van der Waals surface area contributed by atoms with Gasteiger partial charge in [0.15, 0.2) is 5.76 Å². The zero-order chi connectivity index (χ0) is 19.3. The van der Waals surface area contributed by atoms with Gasteiger partial charge in [-0.05, 0) is 25.0 Å². The van der Waals surface area contributed by atoms with Crippen molar-refractivity contribution in [1.82, 2.24) is 0 Å². The molecule has 0 spiro atoms. The topological polar surface area (TPSA) is 66.8 Å². The minimum atomic E-state index is -1.01. The Labute approximate surface area is 157 Å². The molecule has 0 aromatic heterocycles. The van der Waals surface area contributed by atoms with E-state index in [2.05, 4.69) is 17.9 Å². The smallest absolute Gasteiger partial charge is 0.328 e. The number of hydrogen-bond acceptors (Lipinski definition) is 3. The van der Waals surface area contributed by atoms with E-state index in [1.54, 1.807) is 18.2 Å². The Kier molecular flexibility index (Phi) is 17.3. The Hall–Kier alpha value is -2.33. The Morgan fingerprint density at radius 2 is 1.42 bits per heavy atom. The van der Waals surface area contributed by atoms with E-state index >= 15 is 0 Å². The molecule has 0 heterocycles. The summed E-state index contributed by atoms with van der Waals surface area (Å²) in [5, 5.41) is 17.2. The first-order valence-corrected chi connectivity index (χ1v) is 9.30. The molecule has 4 heteroatoms. The first-order valence-electron chi connectivity index (χ1n) is 9.30. The molecule has 0 radical (unpaired) electrons. The van der Waals surface area contributed by atoms with Crippen LogP contribution in [0.15, 0.2) is 72.6 Å². The maximum absolute atomic E-state index is 10.3. The van der Waals surface area contributed by atoms with Gasteiger partial charge in [0.25, 0.3) is 0 Å². The first kappa shape index (κ1) is 23.7. The van der Waals surface area contributed by atoms with Crippen molar-refractivity contribution in [2.75, 3.05) is 0 Å². The molecule has 0 amide bonds. The third-order valence-electron chi connectivity index (χ3n) is 3.53. The number of allylic oxidation sites excluding steroid dienone is 10. The molecule has 0 aromatic rings. The van der Waals surface area contributed by atoms with Gasteiger partial charge in [-0.3, -0.25) is 0 Å². The van der Waals surface area contributed by atoms with E-state index in [9.17, 15) is 4.79 Å². The highest BCUT2D eigenvalue weighted by molar-refractivity contribution is 5.80. The molecule has 0 aliphatic carbocycles. The summed E-state index contributed by atoms with van der Waals surface area (Å²) in [5.41, 5.74) is 0. The second-order valence-electron chi connectivity index (χ2n) is 5.82. The lowest BCUT2D eigenvalue weighted by Gasteiger charge is -1.98. The predicted octanol–water partition coefficient (Wildman–Crippen LogP) is 6.37. The standard InChI is InChI=1S/C22H32O4/c1-2-3-4-5-6-7-8-9-10-11-12-13-15-18-21(26-25)19-16-14-17-20-22(23)24/h10-20,25H,2-9H2,1H3,(H,23,24). The highest BCUT2D eigenvalue weighted by Crippen LogP contribution is 2.08. The van der Waals surface area contributed by atoms with Gasteiger partial charge in [0.2, 0.25) is 0 Å². The van der Waals surface area contributed by atoms with Crippen LogP contribution in [-0.4, -0.2) is 16.3 Å². The largest absolute Gasteiger partial charge is 0.478 e. The van der Waals surface area contributed by atoms with Crippen molar-refractivity contribution < 1.29 is 20.0 Å². The zero-order valence-electron chi connectivity index (χ0n) is 15.7. The number of carboxylic acid groups (broad SMARTS) is 1. The summed E-state index contributed by atoms with van der Waals surface area (Å²) in [6, 6.07) is 0. The Morgan fingerprint density at radius 3 is 2.12 bits per heavy atom. The normalized spacial score (nSPS) is 13.2. The van der Waals surface area contributed by atoms with Gasteiger partial charge in [-0.1, -0.05) is 94.1 Å². The summed E-state index contributed by atoms with van der Waals surface area (Å²) in [6.45, 7) is 2.24. The second-order valence-corrected chi connectivity index (χ2v) is 5.82. The average Bonchev–Trinajstić information content (AvgIpc) is 2.63. The van der Waals surface area contributed by atoms with Crippen LogP contribution >= 0.6 is 0 Å².